The van der Waals surface area contributed by atoms with Crippen molar-refractivity contribution in [2.75, 3.05) is 0 Å². The van der Waals surface area contributed by atoms with E-state index in [1.165, 1.54) is 0 Å². The van der Waals surface area contributed by atoms with E-state index in [4.69, 9.17) is 0 Å². The maximum absolute atomic E-state index is 11.7. The molecule has 0 N–H and O–H groups in total. The van der Waals surface area contributed by atoms with Crippen LogP contribution in [0, 0.1) is 13.1 Å². The molecule has 0 saturated carbocycles. The van der Waals surface area contributed by atoms with Gasteiger partial charge in [0, 0.05) is 0 Å². The van der Waals surface area contributed by atoms with E-state index in [2.05, 4.69) is 6.92 Å². The molecular weight excluding hydrogens is 114 g/mol. The average Bonchev–Trinajstić information content (AvgIpc) is 1.67. The molecule has 8 heavy (non-hydrogen) atoms. The third-order valence-electron chi connectivity index (χ3n) is 0.640. The molecule has 0 aliphatic carbocycles. The van der Waals surface area contributed by atoms with Crippen molar-refractivity contribution in [1.29, 1.82) is 0 Å². The molecule has 0 aromatic rings. The molecule has 0 spiro atoms. The fourth-order valence-corrected chi connectivity index (χ4v) is 0.273. The van der Waals surface area contributed by atoms with E-state index in [-0.39, 0.29) is 6.42 Å². The van der Waals surface area contributed by atoms with Crippen LogP contribution in [0.5, 0.6) is 0 Å². The van der Waals surface area contributed by atoms with Gasteiger partial charge in [-0.15, -0.1) is 0 Å². The van der Waals surface area contributed by atoms with Crippen LogP contribution in [0.3, 0.4) is 0 Å². The number of hydrogen-bond donors (Lipinski definition) is 0. The van der Waals surface area contributed by atoms with Crippen molar-refractivity contribution in [2.45, 2.75) is 18.8 Å². The van der Waals surface area contributed by atoms with Gasteiger partial charge in [0.05, 0.1) is 0 Å². The summed E-state index contributed by atoms with van der Waals surface area (Å²) in [5.41, 5.74) is 0. The second kappa shape index (κ2) is 2.80. The molecule has 46 valence electrons. The molecule has 3 heteroatoms. The molecule has 1 nitrogen and oxygen atoms in total. The van der Waals surface area contributed by atoms with Crippen LogP contribution >= 0.6 is 0 Å². The first-order valence-electron chi connectivity index (χ1n) is 2.19. The van der Waals surface area contributed by atoms with E-state index >= 15 is 0 Å². The van der Waals surface area contributed by atoms with E-state index in [1.54, 1.807) is 0 Å². The number of alkyl halides is 2. The molecule has 0 saturated heterocycles. The van der Waals surface area contributed by atoms with Crippen molar-refractivity contribution < 1.29 is 13.4 Å². The van der Waals surface area contributed by atoms with Crippen molar-refractivity contribution in [3.05, 3.63) is 6.92 Å². The Morgan fingerprint density at radius 3 is 2.25 bits per heavy atom. The molecular formula is C5H6F2O. The topological polar surface area (TPSA) is 19.9 Å². The summed E-state index contributed by atoms with van der Waals surface area (Å²) < 4.78 is 32.7. The predicted octanol–water partition coefficient (Wildman–Crippen LogP) is 1.63. The van der Waals surface area contributed by atoms with Gasteiger partial charge in [0.1, 0.15) is 0 Å². The molecule has 0 heterocycles. The van der Waals surface area contributed by atoms with Gasteiger partial charge in [-0.3, -0.25) is 0 Å². The van der Waals surface area contributed by atoms with E-state index < -0.39 is 12.3 Å². The average molecular weight is 120 g/mol. The first-order valence-corrected chi connectivity index (χ1v) is 2.19. The zero-order valence-corrected chi connectivity index (χ0v) is 4.29. The molecule has 0 amide bonds. The predicted molar refractivity (Wildman–Crippen MR) is 24.1 cm³/mol. The number of hydrogen-bond acceptors (Lipinski definition) is 0. The maximum atomic E-state index is 11.7. The molecule has 0 aliphatic rings. The molecule has 0 rings (SSSR count). The van der Waals surface area contributed by atoms with Gasteiger partial charge in [-0.25, -0.2) is 0 Å². The van der Waals surface area contributed by atoms with E-state index in [0.717, 1.165) is 0 Å². The third kappa shape index (κ3) is 2.72. The summed E-state index contributed by atoms with van der Waals surface area (Å²) in [6.07, 6.45) is 0.173. The number of halogens is 2. The molecule has 0 aromatic heterocycles. The second-order valence-corrected chi connectivity index (χ2v) is 1.41. The van der Waals surface area contributed by atoms with Gasteiger partial charge in [-0.1, -0.05) is 0 Å². The Kier molecular flexibility index (Phi) is 2.66. The quantitative estimate of drug-likeness (QED) is 0.390. The summed E-state index contributed by atoms with van der Waals surface area (Å²) in [7, 11) is 0. The van der Waals surface area contributed by atoms with Crippen molar-refractivity contribution in [1.82, 2.24) is 0 Å². The first-order chi connectivity index (χ1) is 3.62. The third-order valence-corrected chi connectivity index (χ3v) is 0.640. The Morgan fingerprint density at radius 2 is 2.12 bits per heavy atom. The standard InChI is InChI=1S/C5H6F2O/c1-2-3-5(6,7)4-8/h1-3H2. The fourth-order valence-electron chi connectivity index (χ4n) is 0.273. The minimum absolute atomic E-state index is 0.0578. The van der Waals surface area contributed by atoms with Gasteiger partial charge in [0.2, 0.25) is 0 Å². The Labute approximate surface area is 46.4 Å². The van der Waals surface area contributed by atoms with Crippen LogP contribution < -0.4 is 0 Å². The Bertz CT molecular complexity index is 103. The van der Waals surface area contributed by atoms with Gasteiger partial charge in [-0.05, 0) is 0 Å². The molecule has 0 radical (unpaired) electrons. The van der Waals surface area contributed by atoms with Crippen molar-refractivity contribution in [3.63, 3.8) is 0 Å². The zero-order chi connectivity index (χ0) is 6.62. The molecule has 0 fully saturated rings. The second-order valence-electron chi connectivity index (χ2n) is 1.41. The van der Waals surface area contributed by atoms with Crippen LogP contribution in [0.1, 0.15) is 12.8 Å². The molecule has 0 unspecified atom stereocenters. The normalized spacial score (nSPS) is 10.8. The summed E-state index contributed by atoms with van der Waals surface area (Å²) in [5.74, 6) is -3.28. The van der Waals surface area contributed by atoms with E-state index in [0.29, 0.717) is 6.15 Å². The van der Waals surface area contributed by atoms with Crippen molar-refractivity contribution >= 4 is 0 Å². The van der Waals surface area contributed by atoms with Crippen LogP contribution in [0.2, 0.25) is 0 Å². The van der Waals surface area contributed by atoms with Crippen LogP contribution in [0.25, 0.3) is 0 Å². The SMILES string of the molecule is [CH2-]CCC(F)(F)C#[O+]. The number of rotatable bonds is 2. The zero-order valence-electron chi connectivity index (χ0n) is 4.29. The monoisotopic (exact) mass is 120 g/mol. The molecule has 0 bridgehead atoms. The van der Waals surface area contributed by atoms with Gasteiger partial charge < -0.3 is 0 Å². The Balaban J connectivity index is 3.59. The summed E-state index contributed by atoms with van der Waals surface area (Å²) in [6, 6.07) is 0. The summed E-state index contributed by atoms with van der Waals surface area (Å²) in [5, 5.41) is 0. The molecule has 0 aliphatic heterocycles. The molecule has 0 aromatic carbocycles. The molecule has 0 atom stereocenters. The van der Waals surface area contributed by atoms with Gasteiger partial charge in [0.15, 0.2) is 0 Å². The van der Waals surface area contributed by atoms with E-state index in [9.17, 15) is 13.4 Å². The van der Waals surface area contributed by atoms with E-state index in [1.807, 2.05) is 0 Å². The van der Waals surface area contributed by atoms with Crippen LogP contribution in [-0.4, -0.2) is 5.92 Å². The van der Waals surface area contributed by atoms with Crippen LogP contribution in [0.4, 0.5) is 8.78 Å². The van der Waals surface area contributed by atoms with Gasteiger partial charge >= 0.3 is 45.3 Å². The van der Waals surface area contributed by atoms with Crippen molar-refractivity contribution in [2.24, 2.45) is 0 Å². The first kappa shape index (κ1) is 7.60. The summed E-state index contributed by atoms with van der Waals surface area (Å²) >= 11 is 0. The van der Waals surface area contributed by atoms with Gasteiger partial charge in [0.25, 0.3) is 0 Å². The summed E-state index contributed by atoms with van der Waals surface area (Å²) in [4.78, 5) is 0. The Morgan fingerprint density at radius 1 is 1.62 bits per heavy atom. The van der Waals surface area contributed by atoms with Crippen molar-refractivity contribution in [3.8, 4) is 6.15 Å². The minimum atomic E-state index is -3.28. The summed E-state index contributed by atoms with van der Waals surface area (Å²) in [6.45, 7) is 3.16. The Hall–Kier alpha value is -0.400. The fraction of sp³-hybridized carbons (Fsp3) is 0.600. The van der Waals surface area contributed by atoms with Crippen LogP contribution in [-0.2, 0) is 4.65 Å². The van der Waals surface area contributed by atoms with Gasteiger partial charge in [-0.2, -0.15) is 0 Å². The van der Waals surface area contributed by atoms with Crippen LogP contribution in [0.15, 0.2) is 0 Å².